The molecular weight excluding hydrogens is 250 g/mol. The Balaban J connectivity index is 2.32. The maximum Gasteiger partial charge on any atom is 0.354 e. The Morgan fingerprint density at radius 2 is 1.85 bits per heavy atom. The van der Waals surface area contributed by atoms with Gasteiger partial charge in [0.1, 0.15) is 5.69 Å². The third-order valence-corrected chi connectivity index (χ3v) is 3.48. The maximum atomic E-state index is 11.9. The van der Waals surface area contributed by atoms with Crippen molar-refractivity contribution in [3.8, 4) is 0 Å². The van der Waals surface area contributed by atoms with Crippen LogP contribution in [0, 0.1) is 20.8 Å². The molecule has 0 atom stereocenters. The molecule has 106 valence electrons. The van der Waals surface area contributed by atoms with Crippen molar-refractivity contribution >= 4 is 5.97 Å². The summed E-state index contributed by atoms with van der Waals surface area (Å²) >= 11 is 0. The quantitative estimate of drug-likeness (QED) is 0.795. The van der Waals surface area contributed by atoms with Gasteiger partial charge in [-0.2, -0.15) is 0 Å². The molecule has 1 aromatic carbocycles. The lowest BCUT2D eigenvalue weighted by molar-refractivity contribution is 0.0514. The second-order valence-electron chi connectivity index (χ2n) is 5.12. The highest BCUT2D eigenvalue weighted by molar-refractivity contribution is 5.87. The van der Waals surface area contributed by atoms with Crippen LogP contribution in [0.1, 0.15) is 39.7 Å². The molecule has 0 spiro atoms. The number of hydrogen-bond acceptors (Lipinski definition) is 2. The van der Waals surface area contributed by atoms with E-state index < -0.39 is 0 Å². The highest BCUT2D eigenvalue weighted by Gasteiger charge is 2.13. The predicted molar refractivity (Wildman–Crippen MR) is 80.1 cm³/mol. The van der Waals surface area contributed by atoms with Crippen LogP contribution >= 0.6 is 0 Å². The van der Waals surface area contributed by atoms with Crippen LogP contribution in [0.25, 0.3) is 0 Å². The van der Waals surface area contributed by atoms with Crippen LogP contribution in [0.5, 0.6) is 0 Å². The topological polar surface area (TPSA) is 31.2 Å². The molecule has 0 bridgehead atoms. The second-order valence-corrected chi connectivity index (χ2v) is 5.12. The molecule has 3 nitrogen and oxygen atoms in total. The van der Waals surface area contributed by atoms with E-state index in [1.165, 1.54) is 22.3 Å². The summed E-state index contributed by atoms with van der Waals surface area (Å²) in [5.74, 6) is -0.264. The zero-order valence-corrected chi connectivity index (χ0v) is 12.6. The maximum absolute atomic E-state index is 11.9. The van der Waals surface area contributed by atoms with Crippen LogP contribution in [0.15, 0.2) is 30.5 Å². The fraction of sp³-hybridized carbons (Fsp3) is 0.353. The fourth-order valence-electron chi connectivity index (χ4n) is 2.57. The van der Waals surface area contributed by atoms with E-state index in [1.54, 1.807) is 6.07 Å². The van der Waals surface area contributed by atoms with Gasteiger partial charge >= 0.3 is 5.97 Å². The van der Waals surface area contributed by atoms with Gasteiger partial charge in [0.05, 0.1) is 6.61 Å². The van der Waals surface area contributed by atoms with Crippen molar-refractivity contribution in [1.29, 1.82) is 0 Å². The lowest BCUT2D eigenvalue weighted by Gasteiger charge is -2.14. The van der Waals surface area contributed by atoms with Gasteiger partial charge in [-0.15, -0.1) is 0 Å². The van der Waals surface area contributed by atoms with E-state index in [-0.39, 0.29) is 5.97 Å². The Kier molecular flexibility index (Phi) is 4.28. The number of carbonyl (C=O) groups is 1. The van der Waals surface area contributed by atoms with Crippen molar-refractivity contribution in [2.45, 2.75) is 34.2 Å². The molecule has 0 saturated carbocycles. The molecule has 0 saturated heterocycles. The third kappa shape index (κ3) is 2.93. The Bertz CT molecular complexity index is 603. The zero-order valence-electron chi connectivity index (χ0n) is 12.6. The van der Waals surface area contributed by atoms with Crippen LogP contribution < -0.4 is 0 Å². The van der Waals surface area contributed by atoms with Gasteiger partial charge < -0.3 is 9.30 Å². The van der Waals surface area contributed by atoms with Gasteiger partial charge in [-0.05, 0) is 56.5 Å². The summed E-state index contributed by atoms with van der Waals surface area (Å²) in [4.78, 5) is 11.9. The molecule has 0 N–H and O–H groups in total. The van der Waals surface area contributed by atoms with Crippen LogP contribution in [0.2, 0.25) is 0 Å². The van der Waals surface area contributed by atoms with Crippen molar-refractivity contribution in [1.82, 2.24) is 4.57 Å². The molecule has 0 amide bonds. The summed E-state index contributed by atoms with van der Waals surface area (Å²) in [7, 11) is 0. The van der Waals surface area contributed by atoms with Gasteiger partial charge in [0.25, 0.3) is 0 Å². The molecule has 20 heavy (non-hydrogen) atoms. The van der Waals surface area contributed by atoms with E-state index >= 15 is 0 Å². The molecule has 0 aliphatic heterocycles. The number of carbonyl (C=O) groups excluding carboxylic acids is 1. The molecule has 0 unspecified atom stereocenters. The summed E-state index contributed by atoms with van der Waals surface area (Å²) in [6, 6.07) is 8.04. The normalized spacial score (nSPS) is 10.6. The Morgan fingerprint density at radius 3 is 2.45 bits per heavy atom. The molecule has 0 radical (unpaired) electrons. The third-order valence-electron chi connectivity index (χ3n) is 3.48. The first-order valence-corrected chi connectivity index (χ1v) is 6.92. The molecule has 3 heteroatoms. The van der Waals surface area contributed by atoms with E-state index in [2.05, 4.69) is 32.9 Å². The van der Waals surface area contributed by atoms with Crippen LogP contribution in [0.4, 0.5) is 0 Å². The Morgan fingerprint density at radius 1 is 1.20 bits per heavy atom. The fourth-order valence-corrected chi connectivity index (χ4v) is 2.57. The summed E-state index contributed by atoms with van der Waals surface area (Å²) in [6.45, 7) is 9.24. The molecule has 1 aromatic heterocycles. The van der Waals surface area contributed by atoms with Gasteiger partial charge in [-0.25, -0.2) is 4.79 Å². The Labute approximate surface area is 120 Å². The van der Waals surface area contributed by atoms with E-state index in [4.69, 9.17) is 4.74 Å². The largest absolute Gasteiger partial charge is 0.461 e. The molecule has 0 fully saturated rings. The minimum absolute atomic E-state index is 0.264. The number of benzene rings is 1. The smallest absolute Gasteiger partial charge is 0.354 e. The number of rotatable bonds is 4. The number of hydrogen-bond donors (Lipinski definition) is 0. The monoisotopic (exact) mass is 271 g/mol. The van der Waals surface area contributed by atoms with Crippen molar-refractivity contribution in [2.24, 2.45) is 0 Å². The van der Waals surface area contributed by atoms with Gasteiger partial charge in [-0.3, -0.25) is 0 Å². The molecule has 2 rings (SSSR count). The molecule has 1 heterocycles. The number of nitrogens with zero attached hydrogens (tertiary/aromatic N) is 1. The first-order chi connectivity index (χ1) is 9.52. The number of ether oxygens (including phenoxy) is 1. The first-order valence-electron chi connectivity index (χ1n) is 6.92. The number of esters is 1. The number of aryl methyl sites for hydroxylation is 3. The minimum Gasteiger partial charge on any atom is -0.461 e. The summed E-state index contributed by atoms with van der Waals surface area (Å²) in [5.41, 5.74) is 5.64. The highest BCUT2D eigenvalue weighted by atomic mass is 16.5. The van der Waals surface area contributed by atoms with Crippen LogP contribution in [-0.4, -0.2) is 17.1 Å². The molecule has 2 aromatic rings. The van der Waals surface area contributed by atoms with E-state index in [0.717, 1.165) is 0 Å². The lowest BCUT2D eigenvalue weighted by atomic mass is 10.00. The van der Waals surface area contributed by atoms with Crippen molar-refractivity contribution in [3.63, 3.8) is 0 Å². The molecular formula is C17H21NO2. The van der Waals surface area contributed by atoms with Crippen molar-refractivity contribution < 1.29 is 9.53 Å². The summed E-state index contributed by atoms with van der Waals surface area (Å²) in [5, 5.41) is 0. The highest BCUT2D eigenvalue weighted by Crippen LogP contribution is 2.19. The van der Waals surface area contributed by atoms with Crippen molar-refractivity contribution in [2.75, 3.05) is 6.61 Å². The second kappa shape index (κ2) is 5.95. The number of aromatic nitrogens is 1. The predicted octanol–water partition coefficient (Wildman–Crippen LogP) is 3.64. The first kappa shape index (κ1) is 14.4. The minimum atomic E-state index is -0.264. The summed E-state index contributed by atoms with van der Waals surface area (Å²) < 4.78 is 7.03. The SMILES string of the molecule is CCOC(=O)c1cccn1Cc1c(C)cc(C)cc1C. The van der Waals surface area contributed by atoms with Crippen molar-refractivity contribution in [3.05, 3.63) is 58.4 Å². The summed E-state index contributed by atoms with van der Waals surface area (Å²) in [6.07, 6.45) is 1.92. The van der Waals surface area contributed by atoms with Crippen LogP contribution in [0.3, 0.4) is 0 Å². The van der Waals surface area contributed by atoms with Crippen LogP contribution in [-0.2, 0) is 11.3 Å². The van der Waals surface area contributed by atoms with E-state index in [0.29, 0.717) is 18.8 Å². The van der Waals surface area contributed by atoms with E-state index in [1.807, 2.05) is 23.8 Å². The van der Waals surface area contributed by atoms with Gasteiger partial charge in [0, 0.05) is 12.7 Å². The average Bonchev–Trinajstić information content (AvgIpc) is 2.82. The van der Waals surface area contributed by atoms with Gasteiger partial charge in [0.15, 0.2) is 0 Å². The zero-order chi connectivity index (χ0) is 14.7. The standard InChI is InChI=1S/C17H21NO2/c1-5-20-17(19)16-7-6-8-18(16)11-15-13(3)9-12(2)10-14(15)4/h6-10H,5,11H2,1-4H3. The molecule has 0 aliphatic carbocycles. The van der Waals surface area contributed by atoms with Gasteiger partial charge in [0.2, 0.25) is 0 Å². The average molecular weight is 271 g/mol. The lowest BCUT2D eigenvalue weighted by Crippen LogP contribution is -2.13. The van der Waals surface area contributed by atoms with Gasteiger partial charge in [-0.1, -0.05) is 17.7 Å². The Hall–Kier alpha value is -2.03. The van der Waals surface area contributed by atoms with E-state index in [9.17, 15) is 4.79 Å². The molecule has 0 aliphatic rings.